The molecule has 2 N–H and O–H groups in total. The van der Waals surface area contributed by atoms with E-state index < -0.39 is 0 Å². The second-order valence-corrected chi connectivity index (χ2v) is 7.50. The Morgan fingerprint density at radius 2 is 1.75 bits per heavy atom. The van der Waals surface area contributed by atoms with Gasteiger partial charge in [-0.25, -0.2) is 0 Å². The third kappa shape index (κ3) is 4.47. The van der Waals surface area contributed by atoms with Crippen LogP contribution in [0.5, 0.6) is 5.75 Å². The van der Waals surface area contributed by atoms with Gasteiger partial charge in [-0.3, -0.25) is 0 Å². The van der Waals surface area contributed by atoms with E-state index in [0.29, 0.717) is 6.04 Å². The molecule has 2 rings (SSSR count). The first-order valence-corrected chi connectivity index (χ1v) is 9.09. The highest BCUT2D eigenvalue weighted by atomic mass is 79.9. The van der Waals surface area contributed by atoms with Crippen LogP contribution in [0.2, 0.25) is 0 Å². The fourth-order valence-corrected chi connectivity index (χ4v) is 4.33. The first kappa shape index (κ1) is 16.3. The molecule has 0 atom stereocenters. The molecule has 20 heavy (non-hydrogen) atoms. The van der Waals surface area contributed by atoms with E-state index in [-0.39, 0.29) is 5.75 Å². The summed E-state index contributed by atoms with van der Waals surface area (Å²) in [5.41, 5.74) is 1.19. The second kappa shape index (κ2) is 7.81. The second-order valence-electron chi connectivity index (χ2n) is 5.80. The van der Waals surface area contributed by atoms with Crippen LogP contribution in [0.25, 0.3) is 0 Å². The van der Waals surface area contributed by atoms with Crippen molar-refractivity contribution in [3.05, 3.63) is 26.6 Å². The van der Waals surface area contributed by atoms with Crippen molar-refractivity contribution in [2.75, 3.05) is 0 Å². The number of halogens is 2. The van der Waals surface area contributed by atoms with Crippen LogP contribution in [0, 0.1) is 5.92 Å². The van der Waals surface area contributed by atoms with Crippen LogP contribution in [0.4, 0.5) is 0 Å². The number of hydrogen-bond acceptors (Lipinski definition) is 2. The normalized spacial score (nSPS) is 22.9. The van der Waals surface area contributed by atoms with E-state index in [0.717, 1.165) is 21.4 Å². The Bertz CT molecular complexity index is 419. The van der Waals surface area contributed by atoms with Crippen LogP contribution in [0.15, 0.2) is 21.1 Å². The van der Waals surface area contributed by atoms with Gasteiger partial charge in [0.1, 0.15) is 5.75 Å². The predicted octanol–water partition coefficient (Wildman–Crippen LogP) is 5.37. The van der Waals surface area contributed by atoms with Crippen molar-refractivity contribution < 1.29 is 5.11 Å². The zero-order valence-electron chi connectivity index (χ0n) is 12.0. The highest BCUT2D eigenvalue weighted by Gasteiger charge is 2.20. The first-order valence-electron chi connectivity index (χ1n) is 7.50. The summed E-state index contributed by atoms with van der Waals surface area (Å²) < 4.78 is 1.49. The molecule has 0 unspecified atom stereocenters. The molecule has 1 aromatic carbocycles. The van der Waals surface area contributed by atoms with E-state index >= 15 is 0 Å². The minimum atomic E-state index is 0.272. The van der Waals surface area contributed by atoms with Crippen molar-refractivity contribution in [1.82, 2.24) is 5.32 Å². The molecule has 0 aromatic heterocycles. The monoisotopic (exact) mass is 403 g/mol. The maximum Gasteiger partial charge on any atom is 0.143 e. The number of phenols is 1. The molecule has 112 valence electrons. The minimum absolute atomic E-state index is 0.272. The lowest BCUT2D eigenvalue weighted by molar-refractivity contribution is 0.277. The van der Waals surface area contributed by atoms with Gasteiger partial charge >= 0.3 is 0 Å². The fourth-order valence-electron chi connectivity index (χ4n) is 3.05. The standard InChI is InChI=1S/C16H23Br2NO/c1-2-3-11-4-6-13(7-5-11)19-10-12-8-14(17)16(20)15(18)9-12/h8-9,11,13,19-20H,2-7,10H2,1H3. The Morgan fingerprint density at radius 1 is 1.15 bits per heavy atom. The lowest BCUT2D eigenvalue weighted by atomic mass is 9.83. The van der Waals surface area contributed by atoms with Crippen LogP contribution < -0.4 is 5.32 Å². The summed E-state index contributed by atoms with van der Waals surface area (Å²) in [7, 11) is 0. The van der Waals surface area contributed by atoms with Gasteiger partial charge in [-0.2, -0.15) is 0 Å². The van der Waals surface area contributed by atoms with Crippen LogP contribution in [-0.4, -0.2) is 11.1 Å². The first-order chi connectivity index (χ1) is 9.60. The number of rotatable bonds is 5. The Balaban J connectivity index is 1.82. The number of nitrogens with one attached hydrogen (secondary N) is 1. The molecule has 2 nitrogen and oxygen atoms in total. The molecule has 1 fully saturated rings. The van der Waals surface area contributed by atoms with Crippen molar-refractivity contribution in [3.63, 3.8) is 0 Å². The SMILES string of the molecule is CCCC1CCC(NCc2cc(Br)c(O)c(Br)c2)CC1. The van der Waals surface area contributed by atoms with Gasteiger partial charge in [-0.1, -0.05) is 19.8 Å². The van der Waals surface area contributed by atoms with E-state index in [2.05, 4.69) is 44.1 Å². The molecule has 0 heterocycles. The van der Waals surface area contributed by atoms with E-state index in [1.165, 1.54) is 44.1 Å². The summed E-state index contributed by atoms with van der Waals surface area (Å²) in [6, 6.07) is 4.61. The molecule has 0 bridgehead atoms. The van der Waals surface area contributed by atoms with Crippen LogP contribution >= 0.6 is 31.9 Å². The van der Waals surface area contributed by atoms with Crippen molar-refractivity contribution >= 4 is 31.9 Å². The van der Waals surface area contributed by atoms with Crippen molar-refractivity contribution in [2.45, 2.75) is 58.0 Å². The number of hydrogen-bond donors (Lipinski definition) is 2. The summed E-state index contributed by atoms with van der Waals surface area (Å²) in [5.74, 6) is 1.23. The van der Waals surface area contributed by atoms with Crippen molar-refractivity contribution in [1.29, 1.82) is 0 Å². The van der Waals surface area contributed by atoms with Crippen LogP contribution in [-0.2, 0) is 6.54 Å². The molecular formula is C16H23Br2NO. The van der Waals surface area contributed by atoms with Gasteiger partial charge in [-0.05, 0) is 81.2 Å². The highest BCUT2D eigenvalue weighted by Crippen LogP contribution is 2.33. The van der Waals surface area contributed by atoms with E-state index in [1.807, 2.05) is 12.1 Å². The van der Waals surface area contributed by atoms with Crippen LogP contribution in [0.1, 0.15) is 51.0 Å². The molecular weight excluding hydrogens is 382 g/mol. The molecule has 0 amide bonds. The number of aromatic hydroxyl groups is 1. The van der Waals surface area contributed by atoms with Gasteiger partial charge in [0, 0.05) is 12.6 Å². The number of benzene rings is 1. The van der Waals surface area contributed by atoms with Crippen molar-refractivity contribution in [2.24, 2.45) is 5.92 Å². The molecule has 0 radical (unpaired) electrons. The lowest BCUT2D eigenvalue weighted by Crippen LogP contribution is -2.32. The maximum atomic E-state index is 9.71. The molecule has 1 aliphatic rings. The van der Waals surface area contributed by atoms with Gasteiger partial charge in [0.25, 0.3) is 0 Å². The maximum absolute atomic E-state index is 9.71. The quantitative estimate of drug-likeness (QED) is 0.691. The molecule has 0 aliphatic heterocycles. The molecule has 0 saturated heterocycles. The van der Waals surface area contributed by atoms with Gasteiger partial charge in [-0.15, -0.1) is 0 Å². The molecule has 0 spiro atoms. The van der Waals surface area contributed by atoms with Gasteiger partial charge in [0.2, 0.25) is 0 Å². The summed E-state index contributed by atoms with van der Waals surface area (Å²) in [5, 5.41) is 13.4. The minimum Gasteiger partial charge on any atom is -0.506 e. The zero-order valence-corrected chi connectivity index (χ0v) is 15.1. The topological polar surface area (TPSA) is 32.3 Å². The van der Waals surface area contributed by atoms with Gasteiger partial charge < -0.3 is 10.4 Å². The average Bonchev–Trinajstić information content (AvgIpc) is 2.44. The van der Waals surface area contributed by atoms with Gasteiger partial charge in [0.05, 0.1) is 8.95 Å². The fraction of sp³-hybridized carbons (Fsp3) is 0.625. The smallest absolute Gasteiger partial charge is 0.143 e. The van der Waals surface area contributed by atoms with E-state index in [4.69, 9.17) is 0 Å². The van der Waals surface area contributed by atoms with E-state index in [1.54, 1.807) is 0 Å². The van der Waals surface area contributed by atoms with Gasteiger partial charge in [0.15, 0.2) is 0 Å². The Kier molecular flexibility index (Phi) is 6.37. The summed E-state index contributed by atoms with van der Waals surface area (Å²) in [6.07, 6.45) is 8.04. The summed E-state index contributed by atoms with van der Waals surface area (Å²) in [4.78, 5) is 0. The third-order valence-electron chi connectivity index (χ3n) is 4.22. The highest BCUT2D eigenvalue weighted by molar-refractivity contribution is 9.11. The Labute approximate surface area is 138 Å². The van der Waals surface area contributed by atoms with Crippen LogP contribution in [0.3, 0.4) is 0 Å². The Morgan fingerprint density at radius 3 is 2.30 bits per heavy atom. The third-order valence-corrected chi connectivity index (χ3v) is 5.42. The molecule has 1 aromatic rings. The Hall–Kier alpha value is -0.0600. The molecule has 4 heteroatoms. The summed E-state index contributed by atoms with van der Waals surface area (Å²) in [6.45, 7) is 3.14. The summed E-state index contributed by atoms with van der Waals surface area (Å²) >= 11 is 6.76. The zero-order chi connectivity index (χ0) is 14.5. The number of phenolic OH excluding ortho intramolecular Hbond substituents is 1. The molecule has 1 saturated carbocycles. The largest absolute Gasteiger partial charge is 0.506 e. The average molecular weight is 405 g/mol. The predicted molar refractivity (Wildman–Crippen MR) is 91.0 cm³/mol. The van der Waals surface area contributed by atoms with Crippen molar-refractivity contribution in [3.8, 4) is 5.75 Å². The van der Waals surface area contributed by atoms with E-state index in [9.17, 15) is 5.11 Å². The lowest BCUT2D eigenvalue weighted by Gasteiger charge is -2.29. The molecule has 1 aliphatic carbocycles.